The summed E-state index contributed by atoms with van der Waals surface area (Å²) in [5, 5.41) is 0.557. The second kappa shape index (κ2) is 4.26. The summed E-state index contributed by atoms with van der Waals surface area (Å²) in [7, 11) is 0. The van der Waals surface area contributed by atoms with Gasteiger partial charge in [-0.1, -0.05) is 0 Å². The summed E-state index contributed by atoms with van der Waals surface area (Å²) in [6.45, 7) is 3.62. The molecular formula is C9H8FIN2OS. The van der Waals surface area contributed by atoms with E-state index in [1.54, 1.807) is 33.9 Å². The lowest BCUT2D eigenvalue weighted by atomic mass is 10.2. The van der Waals surface area contributed by atoms with E-state index in [0.717, 1.165) is 17.8 Å². The molecule has 80 valence electrons. The minimum absolute atomic E-state index is 0.234. The molecule has 0 aliphatic carbocycles. The molecule has 0 amide bonds. The van der Waals surface area contributed by atoms with E-state index in [1.807, 2.05) is 13.1 Å². The van der Waals surface area contributed by atoms with Gasteiger partial charge in [-0.05, 0) is 25.5 Å². The van der Waals surface area contributed by atoms with Crippen LogP contribution < -0.4 is 0 Å². The van der Waals surface area contributed by atoms with Crippen molar-refractivity contribution in [1.82, 2.24) is 8.96 Å². The van der Waals surface area contributed by atoms with Crippen molar-refractivity contribution in [1.29, 1.82) is 0 Å². The van der Waals surface area contributed by atoms with Crippen molar-refractivity contribution in [3.8, 4) is 0 Å². The lowest BCUT2D eigenvalue weighted by molar-refractivity contribution is 0.636. The Morgan fingerprint density at radius 3 is 2.93 bits per heavy atom. The number of aromatic nitrogens is 2. The van der Waals surface area contributed by atoms with Crippen LogP contribution in [0.2, 0.25) is 0 Å². The van der Waals surface area contributed by atoms with Gasteiger partial charge in [-0.25, -0.2) is 11.9 Å². The van der Waals surface area contributed by atoms with Crippen LogP contribution in [0.3, 0.4) is 0 Å². The Labute approximate surface area is 105 Å². The Kier molecular flexibility index (Phi) is 3.17. The zero-order valence-corrected chi connectivity index (χ0v) is 11.1. The summed E-state index contributed by atoms with van der Waals surface area (Å²) in [5.41, 5.74) is 2.12. The van der Waals surface area contributed by atoms with Crippen LogP contribution in [-0.4, -0.2) is 8.96 Å². The second-order valence-corrected chi connectivity index (χ2v) is 4.97. The predicted octanol–water partition coefficient (Wildman–Crippen LogP) is 3.57. The molecule has 15 heavy (non-hydrogen) atoms. The SMILES string of the molecule is Cc1cc(F)c2c(C)cn(SOI)c2n1. The lowest BCUT2D eigenvalue weighted by Gasteiger charge is -2.00. The van der Waals surface area contributed by atoms with E-state index in [4.69, 9.17) is 2.51 Å². The van der Waals surface area contributed by atoms with Crippen LogP contribution in [0.4, 0.5) is 4.39 Å². The van der Waals surface area contributed by atoms with Crippen LogP contribution >= 0.6 is 35.2 Å². The Hall–Kier alpha value is -0.340. The standard InChI is InChI=1S/C9H8FIN2OS/c1-5-4-13(15-14-11)9-8(5)7(10)3-6(2)12-9/h3-4H,1-2H3. The van der Waals surface area contributed by atoms with Gasteiger partial charge in [0.05, 0.1) is 5.39 Å². The van der Waals surface area contributed by atoms with Crippen molar-refractivity contribution < 1.29 is 6.90 Å². The maximum atomic E-state index is 13.7. The van der Waals surface area contributed by atoms with E-state index in [1.165, 1.54) is 6.07 Å². The van der Waals surface area contributed by atoms with E-state index in [0.29, 0.717) is 16.7 Å². The smallest absolute Gasteiger partial charge is 0.155 e. The maximum absolute atomic E-state index is 13.7. The van der Waals surface area contributed by atoms with Gasteiger partial charge >= 0.3 is 0 Å². The van der Waals surface area contributed by atoms with Crippen molar-refractivity contribution >= 4 is 46.3 Å². The zero-order chi connectivity index (χ0) is 11.0. The number of pyridine rings is 1. The Morgan fingerprint density at radius 1 is 1.53 bits per heavy atom. The van der Waals surface area contributed by atoms with E-state index in [-0.39, 0.29) is 5.82 Å². The average molecular weight is 338 g/mol. The molecule has 3 nitrogen and oxygen atoms in total. The van der Waals surface area contributed by atoms with E-state index in [2.05, 4.69) is 4.98 Å². The van der Waals surface area contributed by atoms with Crippen molar-refractivity contribution in [3.05, 3.63) is 29.3 Å². The highest BCUT2D eigenvalue weighted by atomic mass is 127. The largest absolute Gasteiger partial charge is 0.250 e. The molecule has 6 heteroatoms. The summed E-state index contributed by atoms with van der Waals surface area (Å²) in [5.74, 6) is -0.234. The first-order valence-corrected chi connectivity index (χ1v) is 5.82. The molecule has 0 fully saturated rings. The predicted molar refractivity (Wildman–Crippen MR) is 67.3 cm³/mol. The monoisotopic (exact) mass is 338 g/mol. The molecule has 2 heterocycles. The zero-order valence-electron chi connectivity index (χ0n) is 8.12. The molecule has 0 unspecified atom stereocenters. The Morgan fingerprint density at radius 2 is 2.27 bits per heavy atom. The molecule has 0 saturated heterocycles. The van der Waals surface area contributed by atoms with Gasteiger partial charge in [0.1, 0.15) is 41.1 Å². The summed E-state index contributed by atoms with van der Waals surface area (Å²) < 4.78 is 20.3. The second-order valence-electron chi connectivity index (χ2n) is 3.22. The topological polar surface area (TPSA) is 27.1 Å². The molecule has 0 N–H and O–H groups in total. The number of hydrogen-bond acceptors (Lipinski definition) is 3. The molecule has 2 rings (SSSR count). The third kappa shape index (κ3) is 1.98. The van der Waals surface area contributed by atoms with Crippen LogP contribution in [-0.2, 0) is 2.51 Å². The Balaban J connectivity index is 2.75. The van der Waals surface area contributed by atoms with Gasteiger partial charge in [-0.15, -0.1) is 0 Å². The highest BCUT2D eigenvalue weighted by Gasteiger charge is 2.12. The van der Waals surface area contributed by atoms with Crippen LogP contribution in [0.25, 0.3) is 11.0 Å². The molecule has 0 saturated carbocycles. The van der Waals surface area contributed by atoms with Crippen LogP contribution in [0.5, 0.6) is 0 Å². The average Bonchev–Trinajstić information content (AvgIpc) is 2.43. The summed E-state index contributed by atoms with van der Waals surface area (Å²) in [6, 6.07) is 1.44. The first-order valence-electron chi connectivity index (χ1n) is 4.24. The van der Waals surface area contributed by atoms with Crippen LogP contribution in [0.1, 0.15) is 11.3 Å². The third-order valence-corrected chi connectivity index (χ3v) is 3.08. The van der Waals surface area contributed by atoms with E-state index >= 15 is 0 Å². The Bertz CT molecular complexity index is 514. The minimum Gasteiger partial charge on any atom is -0.250 e. The fourth-order valence-electron chi connectivity index (χ4n) is 1.53. The van der Waals surface area contributed by atoms with Crippen molar-refractivity contribution in [2.75, 3.05) is 0 Å². The van der Waals surface area contributed by atoms with E-state index < -0.39 is 0 Å². The molecule has 2 aromatic heterocycles. The molecule has 0 aromatic carbocycles. The van der Waals surface area contributed by atoms with Crippen molar-refractivity contribution in [2.24, 2.45) is 0 Å². The first-order chi connectivity index (χ1) is 7.13. The first kappa shape index (κ1) is 11.2. The quantitative estimate of drug-likeness (QED) is 0.619. The van der Waals surface area contributed by atoms with Gasteiger partial charge < -0.3 is 0 Å². The number of fused-ring (bicyclic) bond motifs is 1. The van der Waals surface area contributed by atoms with Crippen LogP contribution in [0, 0.1) is 19.7 Å². The van der Waals surface area contributed by atoms with Gasteiger partial charge in [0.15, 0.2) is 5.65 Å². The molecular weight excluding hydrogens is 330 g/mol. The highest BCUT2D eigenvalue weighted by Crippen LogP contribution is 2.27. The lowest BCUT2D eigenvalue weighted by Crippen LogP contribution is -1.91. The number of hydrogen-bond donors (Lipinski definition) is 0. The van der Waals surface area contributed by atoms with Gasteiger partial charge in [0, 0.05) is 11.9 Å². The number of nitrogens with zero attached hydrogens (tertiary/aromatic N) is 2. The van der Waals surface area contributed by atoms with Gasteiger partial charge in [0.2, 0.25) is 0 Å². The van der Waals surface area contributed by atoms with Gasteiger partial charge in [0.25, 0.3) is 0 Å². The van der Waals surface area contributed by atoms with Gasteiger partial charge in [-0.3, -0.25) is 3.97 Å². The van der Waals surface area contributed by atoms with E-state index in [9.17, 15) is 4.39 Å². The van der Waals surface area contributed by atoms with Crippen LogP contribution in [0.15, 0.2) is 12.3 Å². The normalized spacial score (nSPS) is 11.2. The van der Waals surface area contributed by atoms with Crippen molar-refractivity contribution in [2.45, 2.75) is 13.8 Å². The van der Waals surface area contributed by atoms with Gasteiger partial charge in [-0.2, -0.15) is 0 Å². The fourth-order valence-corrected chi connectivity index (χ4v) is 2.51. The molecule has 0 spiro atoms. The maximum Gasteiger partial charge on any atom is 0.155 e. The molecule has 0 radical (unpaired) electrons. The molecule has 0 aliphatic heterocycles. The third-order valence-electron chi connectivity index (χ3n) is 2.10. The highest BCUT2D eigenvalue weighted by molar-refractivity contribution is 14.1. The minimum atomic E-state index is -0.234. The number of aryl methyl sites for hydroxylation is 2. The van der Waals surface area contributed by atoms with Crippen molar-refractivity contribution in [3.63, 3.8) is 0 Å². The molecule has 2 aromatic rings. The molecule has 0 atom stereocenters. The summed E-state index contributed by atoms with van der Waals surface area (Å²) in [6.07, 6.45) is 1.81. The number of halogens is 2. The fraction of sp³-hybridized carbons (Fsp3) is 0.222. The molecule has 0 bridgehead atoms. The molecule has 0 aliphatic rings. The summed E-state index contributed by atoms with van der Waals surface area (Å²) in [4.78, 5) is 4.29. The summed E-state index contributed by atoms with van der Waals surface area (Å²) >= 11 is 2.89. The number of rotatable bonds is 2.